The van der Waals surface area contributed by atoms with Gasteiger partial charge in [-0.25, -0.2) is 9.97 Å². The largest absolute Gasteiger partial charge is 0.384 e. The van der Waals surface area contributed by atoms with Gasteiger partial charge >= 0.3 is 0 Å². The zero-order valence-electron chi connectivity index (χ0n) is 13.8. The van der Waals surface area contributed by atoms with E-state index in [0.29, 0.717) is 17.3 Å². The van der Waals surface area contributed by atoms with E-state index in [0.717, 1.165) is 38.4 Å². The number of nitrogens with two attached hydrogens (primary N) is 1. The van der Waals surface area contributed by atoms with Crippen LogP contribution in [-0.2, 0) is 6.54 Å². The highest BCUT2D eigenvalue weighted by Gasteiger charge is 2.29. The summed E-state index contributed by atoms with van der Waals surface area (Å²) < 4.78 is 2.32. The van der Waals surface area contributed by atoms with Crippen LogP contribution in [-0.4, -0.2) is 38.4 Å². The highest BCUT2D eigenvalue weighted by atomic mass is 16.2. The fourth-order valence-electron chi connectivity index (χ4n) is 3.47. The van der Waals surface area contributed by atoms with Gasteiger partial charge in [-0.1, -0.05) is 0 Å². The number of hydrogen-bond donors (Lipinski definition) is 1. The first-order chi connectivity index (χ1) is 11.7. The Hall–Kier alpha value is -2.37. The molecule has 3 heterocycles. The second kappa shape index (κ2) is 6.26. The number of carbonyl (C=O) groups is 1. The highest BCUT2D eigenvalue weighted by Crippen LogP contribution is 2.33. The molecule has 0 unspecified atom stereocenters. The van der Waals surface area contributed by atoms with Gasteiger partial charge in [-0.05, 0) is 43.7 Å². The van der Waals surface area contributed by atoms with Crippen LogP contribution in [0.25, 0.3) is 0 Å². The molecule has 1 aliphatic heterocycles. The van der Waals surface area contributed by atoms with E-state index in [1.165, 1.54) is 18.7 Å². The van der Waals surface area contributed by atoms with Crippen molar-refractivity contribution in [3.63, 3.8) is 0 Å². The van der Waals surface area contributed by atoms with Crippen molar-refractivity contribution in [2.75, 3.05) is 18.8 Å². The molecule has 1 saturated carbocycles. The Bertz CT molecular complexity index is 711. The predicted octanol–water partition coefficient (Wildman–Crippen LogP) is 2.29. The number of pyridine rings is 1. The number of hydrogen-bond acceptors (Lipinski definition) is 4. The molecule has 2 aliphatic rings. The molecule has 2 N–H and O–H groups in total. The molecule has 1 aliphatic carbocycles. The van der Waals surface area contributed by atoms with Crippen molar-refractivity contribution in [3.8, 4) is 0 Å². The summed E-state index contributed by atoms with van der Waals surface area (Å²) in [5.41, 5.74) is 6.19. The summed E-state index contributed by atoms with van der Waals surface area (Å²) in [6, 6.07) is 3.42. The minimum atomic E-state index is 0.0438. The van der Waals surface area contributed by atoms with Crippen LogP contribution in [0.5, 0.6) is 0 Å². The summed E-state index contributed by atoms with van der Waals surface area (Å²) in [6.45, 7) is 2.64. The molecule has 1 amide bonds. The van der Waals surface area contributed by atoms with E-state index in [2.05, 4.69) is 20.7 Å². The number of imidazole rings is 1. The van der Waals surface area contributed by atoms with Gasteiger partial charge in [-0.15, -0.1) is 0 Å². The Morgan fingerprint density at radius 2 is 1.96 bits per heavy atom. The third-order valence-electron chi connectivity index (χ3n) is 5.08. The molecule has 0 atom stereocenters. The van der Waals surface area contributed by atoms with E-state index in [1.807, 2.05) is 11.1 Å². The number of rotatable bonds is 4. The molecule has 24 heavy (non-hydrogen) atoms. The molecule has 0 aromatic carbocycles. The lowest BCUT2D eigenvalue weighted by atomic mass is 9.95. The van der Waals surface area contributed by atoms with Crippen LogP contribution in [0.4, 0.5) is 5.82 Å². The standard InChI is InChI=1S/C18H23N5O/c19-16-4-3-15(11-21-16)18(24)22-8-5-14(6-9-22)17-20-7-10-23(17)12-13-1-2-13/h3-4,7,10-11,13-14H,1-2,5-6,8-9,12H2,(H2,19,21). The lowest BCUT2D eigenvalue weighted by molar-refractivity contribution is 0.0710. The van der Waals surface area contributed by atoms with Gasteiger partial charge in [-0.2, -0.15) is 0 Å². The smallest absolute Gasteiger partial charge is 0.255 e. The number of likely N-dealkylation sites (tertiary alicyclic amines) is 1. The maximum Gasteiger partial charge on any atom is 0.255 e. The lowest BCUT2D eigenvalue weighted by Gasteiger charge is -2.32. The minimum absolute atomic E-state index is 0.0438. The van der Waals surface area contributed by atoms with Crippen LogP contribution in [0.1, 0.15) is 47.8 Å². The van der Waals surface area contributed by atoms with Gasteiger partial charge in [0.1, 0.15) is 11.6 Å². The number of nitrogens with zero attached hydrogens (tertiary/aromatic N) is 4. The molecule has 126 valence electrons. The van der Waals surface area contributed by atoms with Crippen LogP contribution < -0.4 is 5.73 Å². The maximum absolute atomic E-state index is 12.5. The van der Waals surface area contributed by atoms with Crippen LogP contribution in [0.15, 0.2) is 30.7 Å². The first-order valence-corrected chi connectivity index (χ1v) is 8.72. The van der Waals surface area contributed by atoms with Gasteiger partial charge in [0.05, 0.1) is 5.56 Å². The molecule has 1 saturated heterocycles. The van der Waals surface area contributed by atoms with Crippen molar-refractivity contribution in [1.82, 2.24) is 19.4 Å². The van der Waals surface area contributed by atoms with Gasteiger partial charge in [-0.3, -0.25) is 4.79 Å². The summed E-state index contributed by atoms with van der Waals surface area (Å²) in [4.78, 5) is 23.1. The number of piperidine rings is 1. The number of anilines is 1. The molecule has 4 rings (SSSR count). The first kappa shape index (κ1) is 15.2. The molecule has 6 nitrogen and oxygen atoms in total. The lowest BCUT2D eigenvalue weighted by Crippen LogP contribution is -2.38. The molecule has 2 aromatic rings. The van der Waals surface area contributed by atoms with Gasteiger partial charge in [0.2, 0.25) is 0 Å². The van der Waals surface area contributed by atoms with Gasteiger partial charge in [0, 0.05) is 44.1 Å². The Morgan fingerprint density at radius 1 is 1.17 bits per heavy atom. The second-order valence-corrected chi connectivity index (χ2v) is 6.92. The summed E-state index contributed by atoms with van der Waals surface area (Å²) in [5, 5.41) is 0. The zero-order chi connectivity index (χ0) is 16.5. The third kappa shape index (κ3) is 3.13. The van der Waals surface area contributed by atoms with Crippen LogP contribution in [0.3, 0.4) is 0 Å². The molecular weight excluding hydrogens is 302 g/mol. The summed E-state index contributed by atoms with van der Waals surface area (Å²) in [7, 11) is 0. The van der Waals surface area contributed by atoms with Crippen molar-refractivity contribution in [3.05, 3.63) is 42.1 Å². The summed E-state index contributed by atoms with van der Waals surface area (Å²) in [5.74, 6) is 2.98. The van der Waals surface area contributed by atoms with E-state index >= 15 is 0 Å². The second-order valence-electron chi connectivity index (χ2n) is 6.92. The van der Waals surface area contributed by atoms with E-state index in [9.17, 15) is 4.79 Å². The van der Waals surface area contributed by atoms with Crippen molar-refractivity contribution in [1.29, 1.82) is 0 Å². The van der Waals surface area contributed by atoms with Crippen molar-refractivity contribution >= 4 is 11.7 Å². The van der Waals surface area contributed by atoms with Crippen molar-refractivity contribution < 1.29 is 4.79 Å². The Labute approximate surface area is 141 Å². The van der Waals surface area contributed by atoms with Crippen molar-refractivity contribution in [2.45, 2.75) is 38.1 Å². The molecule has 6 heteroatoms. The number of carbonyl (C=O) groups excluding carboxylic acids is 1. The fourth-order valence-corrected chi connectivity index (χ4v) is 3.47. The maximum atomic E-state index is 12.5. The fraction of sp³-hybridized carbons (Fsp3) is 0.500. The van der Waals surface area contributed by atoms with Gasteiger partial charge in [0.15, 0.2) is 0 Å². The van der Waals surface area contributed by atoms with E-state index in [-0.39, 0.29) is 5.91 Å². The monoisotopic (exact) mass is 325 g/mol. The zero-order valence-corrected chi connectivity index (χ0v) is 13.8. The number of nitrogen functional groups attached to an aromatic ring is 1. The van der Waals surface area contributed by atoms with E-state index < -0.39 is 0 Å². The summed E-state index contributed by atoms with van der Waals surface area (Å²) in [6.07, 6.45) is 10.2. The Morgan fingerprint density at radius 3 is 2.62 bits per heavy atom. The molecule has 2 fully saturated rings. The Kier molecular flexibility index (Phi) is 3.96. The third-order valence-corrected chi connectivity index (χ3v) is 5.08. The molecule has 0 radical (unpaired) electrons. The molecular formula is C18H23N5O. The number of aromatic nitrogens is 3. The summed E-state index contributed by atoms with van der Waals surface area (Å²) >= 11 is 0. The SMILES string of the molecule is Nc1ccc(C(=O)N2CCC(c3nccn3CC3CC3)CC2)cn1. The average molecular weight is 325 g/mol. The van der Waals surface area contributed by atoms with Crippen LogP contribution >= 0.6 is 0 Å². The van der Waals surface area contributed by atoms with Crippen LogP contribution in [0, 0.1) is 5.92 Å². The topological polar surface area (TPSA) is 77.0 Å². The van der Waals surface area contributed by atoms with Crippen molar-refractivity contribution in [2.24, 2.45) is 5.92 Å². The van der Waals surface area contributed by atoms with E-state index in [4.69, 9.17) is 5.73 Å². The molecule has 0 spiro atoms. The van der Waals surface area contributed by atoms with Gasteiger partial charge in [0.25, 0.3) is 5.91 Å². The minimum Gasteiger partial charge on any atom is -0.384 e. The number of amides is 1. The van der Waals surface area contributed by atoms with Gasteiger partial charge < -0.3 is 15.2 Å². The van der Waals surface area contributed by atoms with Crippen LogP contribution in [0.2, 0.25) is 0 Å². The Balaban J connectivity index is 1.38. The van der Waals surface area contributed by atoms with E-state index in [1.54, 1.807) is 18.3 Å². The average Bonchev–Trinajstić information content (AvgIpc) is 3.30. The highest BCUT2D eigenvalue weighted by molar-refractivity contribution is 5.94. The normalized spacial score (nSPS) is 18.8. The quantitative estimate of drug-likeness (QED) is 0.935. The molecule has 2 aromatic heterocycles. The molecule has 0 bridgehead atoms. The first-order valence-electron chi connectivity index (χ1n) is 8.72. The predicted molar refractivity (Wildman–Crippen MR) is 91.5 cm³/mol.